The molecule has 1 unspecified atom stereocenters. The molecule has 0 spiro atoms. The van der Waals surface area contributed by atoms with Crippen LogP contribution in [0.4, 0.5) is 5.69 Å². The normalized spacial score (nSPS) is 22.2. The number of rotatable bonds is 7. The first-order valence-corrected chi connectivity index (χ1v) is 11.7. The van der Waals surface area contributed by atoms with E-state index in [1.807, 2.05) is 0 Å². The molecule has 2 saturated carbocycles. The van der Waals surface area contributed by atoms with E-state index < -0.39 is 10.0 Å². The molecule has 1 aromatic rings. The number of carbonyl (C=O) groups excluding carboxylic acids is 2. The van der Waals surface area contributed by atoms with Crippen LogP contribution in [-0.4, -0.2) is 51.4 Å². The van der Waals surface area contributed by atoms with Crippen molar-refractivity contribution in [3.63, 3.8) is 0 Å². The molecule has 3 fully saturated rings. The molecule has 1 aliphatic heterocycles. The van der Waals surface area contributed by atoms with Crippen molar-refractivity contribution < 1.29 is 22.7 Å². The third-order valence-electron chi connectivity index (χ3n) is 5.67. The number of carbonyl (C=O) groups is 2. The summed E-state index contributed by atoms with van der Waals surface area (Å²) in [6.07, 6.45) is 5.06. The van der Waals surface area contributed by atoms with E-state index in [4.69, 9.17) is 4.74 Å². The zero-order chi connectivity index (χ0) is 20.6. The maximum atomic E-state index is 12.9. The SMILES string of the molecule is COc1ccc(S(=O)(=O)NC2CC2)cc1NC(=O)C1CCCN(C(=O)C2CC2)C1. The zero-order valence-corrected chi connectivity index (χ0v) is 17.3. The summed E-state index contributed by atoms with van der Waals surface area (Å²) in [4.78, 5) is 27.1. The summed E-state index contributed by atoms with van der Waals surface area (Å²) in [6.45, 7) is 1.10. The van der Waals surface area contributed by atoms with Gasteiger partial charge in [0.05, 0.1) is 23.6 Å². The highest BCUT2D eigenvalue weighted by Gasteiger charge is 2.37. The minimum atomic E-state index is -3.64. The number of nitrogens with zero attached hydrogens (tertiary/aromatic N) is 1. The molecule has 3 aliphatic rings. The first-order valence-electron chi connectivity index (χ1n) is 10.2. The lowest BCUT2D eigenvalue weighted by Gasteiger charge is -2.32. The van der Waals surface area contributed by atoms with Crippen molar-refractivity contribution in [3.8, 4) is 5.75 Å². The Balaban J connectivity index is 1.47. The monoisotopic (exact) mass is 421 g/mol. The molecule has 2 amide bonds. The van der Waals surface area contributed by atoms with Crippen LogP contribution in [0.15, 0.2) is 23.1 Å². The Morgan fingerprint density at radius 3 is 2.52 bits per heavy atom. The van der Waals surface area contributed by atoms with E-state index >= 15 is 0 Å². The van der Waals surface area contributed by atoms with Gasteiger partial charge in [0.25, 0.3) is 0 Å². The number of benzene rings is 1. The van der Waals surface area contributed by atoms with Gasteiger partial charge in [0.15, 0.2) is 0 Å². The smallest absolute Gasteiger partial charge is 0.240 e. The summed E-state index contributed by atoms with van der Waals surface area (Å²) in [5.74, 6) is 0.143. The maximum Gasteiger partial charge on any atom is 0.240 e. The lowest BCUT2D eigenvalue weighted by atomic mass is 9.96. The molecule has 29 heavy (non-hydrogen) atoms. The van der Waals surface area contributed by atoms with Crippen LogP contribution in [0.3, 0.4) is 0 Å². The van der Waals surface area contributed by atoms with Gasteiger partial charge in [-0.3, -0.25) is 9.59 Å². The van der Waals surface area contributed by atoms with Gasteiger partial charge in [0, 0.05) is 25.0 Å². The van der Waals surface area contributed by atoms with Gasteiger partial charge >= 0.3 is 0 Å². The lowest BCUT2D eigenvalue weighted by Crippen LogP contribution is -2.44. The van der Waals surface area contributed by atoms with E-state index in [0.717, 1.165) is 32.1 Å². The maximum absolute atomic E-state index is 12.9. The molecule has 8 nitrogen and oxygen atoms in total. The van der Waals surface area contributed by atoms with Gasteiger partial charge in [0.1, 0.15) is 5.75 Å². The summed E-state index contributed by atoms with van der Waals surface area (Å²) in [6, 6.07) is 4.44. The Morgan fingerprint density at radius 1 is 1.10 bits per heavy atom. The summed E-state index contributed by atoms with van der Waals surface area (Å²) >= 11 is 0. The van der Waals surface area contributed by atoms with E-state index in [2.05, 4.69) is 10.0 Å². The van der Waals surface area contributed by atoms with E-state index in [-0.39, 0.29) is 34.6 Å². The summed E-state index contributed by atoms with van der Waals surface area (Å²) in [5.41, 5.74) is 0.321. The number of sulfonamides is 1. The predicted octanol–water partition coefficient (Wildman–Crippen LogP) is 1.72. The number of nitrogens with one attached hydrogen (secondary N) is 2. The molecular formula is C20H27N3O5S. The molecule has 1 atom stereocenters. The quantitative estimate of drug-likeness (QED) is 0.698. The van der Waals surface area contributed by atoms with Crippen molar-refractivity contribution in [3.05, 3.63) is 18.2 Å². The lowest BCUT2D eigenvalue weighted by molar-refractivity contribution is -0.135. The van der Waals surface area contributed by atoms with Crippen molar-refractivity contribution in [1.82, 2.24) is 9.62 Å². The molecule has 0 aromatic heterocycles. The van der Waals surface area contributed by atoms with E-state index in [1.54, 1.807) is 11.0 Å². The summed E-state index contributed by atoms with van der Waals surface area (Å²) in [7, 11) is -2.17. The van der Waals surface area contributed by atoms with E-state index in [1.165, 1.54) is 19.2 Å². The third kappa shape index (κ3) is 4.72. The highest BCUT2D eigenvalue weighted by molar-refractivity contribution is 7.89. The minimum Gasteiger partial charge on any atom is -0.495 e. The second kappa shape index (κ2) is 7.95. The Kier molecular flexibility index (Phi) is 5.52. The van der Waals surface area contributed by atoms with Crippen LogP contribution in [0.1, 0.15) is 38.5 Å². The van der Waals surface area contributed by atoms with Crippen molar-refractivity contribution >= 4 is 27.5 Å². The van der Waals surface area contributed by atoms with Gasteiger partial charge < -0.3 is 15.0 Å². The zero-order valence-electron chi connectivity index (χ0n) is 16.5. The second-order valence-corrected chi connectivity index (χ2v) is 9.86. The predicted molar refractivity (Wildman–Crippen MR) is 107 cm³/mol. The van der Waals surface area contributed by atoms with Crippen LogP contribution in [-0.2, 0) is 19.6 Å². The van der Waals surface area contributed by atoms with E-state index in [0.29, 0.717) is 30.9 Å². The molecule has 158 valence electrons. The molecule has 0 radical (unpaired) electrons. The molecular weight excluding hydrogens is 394 g/mol. The topological polar surface area (TPSA) is 105 Å². The molecule has 1 saturated heterocycles. The van der Waals surface area contributed by atoms with Gasteiger partial charge in [-0.1, -0.05) is 0 Å². The van der Waals surface area contributed by atoms with Crippen LogP contribution in [0.5, 0.6) is 5.75 Å². The van der Waals surface area contributed by atoms with Gasteiger partial charge in [-0.25, -0.2) is 13.1 Å². The number of hydrogen-bond acceptors (Lipinski definition) is 5. The largest absolute Gasteiger partial charge is 0.495 e. The fourth-order valence-corrected chi connectivity index (χ4v) is 4.99. The van der Waals surface area contributed by atoms with Gasteiger partial charge in [-0.2, -0.15) is 0 Å². The number of anilines is 1. The highest BCUT2D eigenvalue weighted by atomic mass is 32.2. The van der Waals surface area contributed by atoms with Gasteiger partial charge in [-0.15, -0.1) is 0 Å². The first-order chi connectivity index (χ1) is 13.9. The number of methoxy groups -OCH3 is 1. The Morgan fingerprint density at radius 2 is 1.86 bits per heavy atom. The second-order valence-electron chi connectivity index (χ2n) is 8.14. The van der Waals surface area contributed by atoms with Crippen molar-refractivity contribution in [2.75, 3.05) is 25.5 Å². The summed E-state index contributed by atoms with van der Waals surface area (Å²) in [5, 5.41) is 2.82. The van der Waals surface area contributed by atoms with Gasteiger partial charge in [-0.05, 0) is 56.7 Å². The molecule has 1 aromatic carbocycles. The standard InChI is InChI=1S/C20H27N3O5S/c1-28-18-9-8-16(29(26,27)22-15-6-7-15)11-17(18)21-19(24)14-3-2-10-23(12-14)20(25)13-4-5-13/h8-9,11,13-15,22H,2-7,10,12H2,1H3,(H,21,24). The van der Waals surface area contributed by atoms with Crippen molar-refractivity contribution in [2.45, 2.75) is 49.5 Å². The fraction of sp³-hybridized carbons (Fsp3) is 0.600. The van der Waals surface area contributed by atoms with Crippen molar-refractivity contribution in [1.29, 1.82) is 0 Å². The van der Waals surface area contributed by atoms with Crippen molar-refractivity contribution in [2.24, 2.45) is 11.8 Å². The number of hydrogen-bond donors (Lipinski definition) is 2. The Hall–Kier alpha value is -2.13. The molecule has 1 heterocycles. The van der Waals surface area contributed by atoms with Crippen LogP contribution >= 0.6 is 0 Å². The number of amides is 2. The van der Waals surface area contributed by atoms with Crippen LogP contribution in [0, 0.1) is 11.8 Å². The fourth-order valence-electron chi connectivity index (χ4n) is 3.66. The molecule has 0 bridgehead atoms. The molecule has 2 N–H and O–H groups in total. The Labute approximate surface area is 171 Å². The van der Waals surface area contributed by atoms with Crippen LogP contribution in [0.25, 0.3) is 0 Å². The highest BCUT2D eigenvalue weighted by Crippen LogP contribution is 2.33. The average molecular weight is 422 g/mol. The van der Waals surface area contributed by atoms with Gasteiger partial charge in [0.2, 0.25) is 21.8 Å². The Bertz CT molecular complexity index is 909. The molecule has 2 aliphatic carbocycles. The number of likely N-dealkylation sites (tertiary alicyclic amines) is 1. The number of piperidine rings is 1. The molecule has 9 heteroatoms. The van der Waals surface area contributed by atoms with Crippen LogP contribution in [0.2, 0.25) is 0 Å². The first kappa shape index (κ1) is 20.2. The number of ether oxygens (including phenoxy) is 1. The third-order valence-corrected chi connectivity index (χ3v) is 7.19. The molecule has 4 rings (SSSR count). The minimum absolute atomic E-state index is 0.00244. The average Bonchev–Trinajstić information content (AvgIpc) is 3.62. The summed E-state index contributed by atoms with van der Waals surface area (Å²) < 4.78 is 32.9. The van der Waals surface area contributed by atoms with Crippen LogP contribution < -0.4 is 14.8 Å². The van der Waals surface area contributed by atoms with E-state index in [9.17, 15) is 18.0 Å².